The van der Waals surface area contributed by atoms with Crippen molar-refractivity contribution in [2.45, 2.75) is 68.0 Å². The van der Waals surface area contributed by atoms with Gasteiger partial charge in [-0.25, -0.2) is 0 Å². The third-order valence-corrected chi connectivity index (χ3v) is 10.7. The summed E-state index contributed by atoms with van der Waals surface area (Å²) in [7, 11) is 0. The van der Waals surface area contributed by atoms with Crippen molar-refractivity contribution >= 4 is 29.5 Å². The van der Waals surface area contributed by atoms with Gasteiger partial charge in [0.2, 0.25) is 17.7 Å². The maximum atomic E-state index is 14.7. The van der Waals surface area contributed by atoms with Crippen molar-refractivity contribution in [2.75, 3.05) is 32.8 Å². The van der Waals surface area contributed by atoms with Crippen molar-refractivity contribution in [1.29, 1.82) is 0 Å². The number of fused-ring (bicyclic) bond motifs is 2. The molecule has 4 aliphatic rings. The fourth-order valence-corrected chi connectivity index (χ4v) is 9.29. The summed E-state index contributed by atoms with van der Waals surface area (Å²) in [6.45, 7) is 8.21. The van der Waals surface area contributed by atoms with Gasteiger partial charge in [0.05, 0.1) is 29.2 Å². The number of amides is 3. The first-order chi connectivity index (χ1) is 18.8. The van der Waals surface area contributed by atoms with E-state index in [1.54, 1.807) is 16.7 Å². The van der Waals surface area contributed by atoms with Gasteiger partial charge in [-0.05, 0) is 25.3 Å². The molecule has 1 spiro atoms. The van der Waals surface area contributed by atoms with E-state index in [9.17, 15) is 19.5 Å². The summed E-state index contributed by atoms with van der Waals surface area (Å²) in [5.74, 6) is -1.60. The second-order valence-corrected chi connectivity index (χ2v) is 13.2. The largest absolute Gasteiger partial charge is 0.394 e. The molecule has 3 amide bonds. The zero-order valence-electron chi connectivity index (χ0n) is 23.3. The van der Waals surface area contributed by atoms with Gasteiger partial charge in [-0.2, -0.15) is 0 Å². The summed E-state index contributed by atoms with van der Waals surface area (Å²) in [6, 6.07) is 7.98. The molecule has 4 aliphatic heterocycles. The lowest BCUT2D eigenvalue weighted by molar-refractivity contribution is -0.147. The van der Waals surface area contributed by atoms with Crippen LogP contribution in [0.4, 0.5) is 0 Å². The van der Waals surface area contributed by atoms with Gasteiger partial charge in [-0.3, -0.25) is 14.4 Å². The van der Waals surface area contributed by atoms with Crippen molar-refractivity contribution in [3.05, 3.63) is 60.2 Å². The minimum Gasteiger partial charge on any atom is -0.394 e. The highest BCUT2D eigenvalue weighted by Gasteiger charge is 2.74. The number of thioether (sulfide) groups is 1. The molecule has 1 aromatic carbocycles. The molecular formula is C31H41N3O4S. The van der Waals surface area contributed by atoms with Gasteiger partial charge in [-0.15, -0.1) is 11.8 Å². The van der Waals surface area contributed by atoms with Crippen LogP contribution < -0.4 is 0 Å². The molecule has 210 valence electrons. The van der Waals surface area contributed by atoms with Gasteiger partial charge >= 0.3 is 0 Å². The normalized spacial score (nSPS) is 32.7. The van der Waals surface area contributed by atoms with Crippen molar-refractivity contribution in [2.24, 2.45) is 11.8 Å². The zero-order chi connectivity index (χ0) is 27.8. The van der Waals surface area contributed by atoms with Gasteiger partial charge in [0.25, 0.3) is 0 Å². The molecule has 7 nitrogen and oxygen atoms in total. The van der Waals surface area contributed by atoms with Crippen LogP contribution >= 0.6 is 11.8 Å². The van der Waals surface area contributed by atoms with E-state index in [1.807, 2.05) is 46.2 Å². The van der Waals surface area contributed by atoms with Crippen LogP contribution in [0.3, 0.4) is 0 Å². The Balaban J connectivity index is 1.65. The number of likely N-dealkylation sites (tertiary alicyclic amines) is 1. The number of benzene rings is 1. The van der Waals surface area contributed by atoms with Crippen molar-refractivity contribution in [3.8, 4) is 0 Å². The van der Waals surface area contributed by atoms with Crippen LogP contribution in [-0.2, 0) is 14.4 Å². The summed E-state index contributed by atoms with van der Waals surface area (Å²) in [5.41, 5.74) is 0.787. The number of hydrogen-bond acceptors (Lipinski definition) is 5. The summed E-state index contributed by atoms with van der Waals surface area (Å²) in [4.78, 5) is 48.6. The van der Waals surface area contributed by atoms with Crippen molar-refractivity contribution < 1.29 is 19.5 Å². The Morgan fingerprint density at radius 2 is 1.59 bits per heavy atom. The Kier molecular flexibility index (Phi) is 7.98. The van der Waals surface area contributed by atoms with E-state index >= 15 is 0 Å². The maximum Gasteiger partial charge on any atom is 0.247 e. The molecule has 0 saturated carbocycles. The zero-order valence-corrected chi connectivity index (χ0v) is 24.1. The molecule has 0 aliphatic carbocycles. The molecule has 0 radical (unpaired) electrons. The van der Waals surface area contributed by atoms with Crippen LogP contribution in [0.1, 0.15) is 58.1 Å². The molecule has 39 heavy (non-hydrogen) atoms. The fourth-order valence-electron chi connectivity index (χ4n) is 7.15. The monoisotopic (exact) mass is 551 g/mol. The van der Waals surface area contributed by atoms with E-state index in [2.05, 4.69) is 39.0 Å². The number of nitrogens with zero attached hydrogens (tertiary/aromatic N) is 3. The lowest BCUT2D eigenvalue weighted by atomic mass is 9.74. The van der Waals surface area contributed by atoms with E-state index in [4.69, 9.17) is 0 Å². The van der Waals surface area contributed by atoms with Crippen LogP contribution in [0.15, 0.2) is 54.6 Å². The lowest BCUT2D eigenvalue weighted by Gasteiger charge is -2.40. The first kappa shape index (κ1) is 28.0. The third-order valence-electron chi connectivity index (χ3n) is 8.88. The Morgan fingerprint density at radius 1 is 0.897 bits per heavy atom. The highest BCUT2D eigenvalue weighted by atomic mass is 32.2. The lowest BCUT2D eigenvalue weighted by Crippen LogP contribution is -2.54. The SMILES string of the molecule is CCCCCN1CC=C[C@]23S[C@]4(C)C=CCN(CCC)C(=O)[C@@H]4[C@H]2C(=O)N([C@H](CO)c2ccccc2)C3C1=O. The average molecular weight is 552 g/mol. The van der Waals surface area contributed by atoms with Gasteiger partial charge in [0, 0.05) is 30.9 Å². The quantitative estimate of drug-likeness (QED) is 0.373. The maximum absolute atomic E-state index is 14.7. The average Bonchev–Trinajstić information content (AvgIpc) is 3.20. The van der Waals surface area contributed by atoms with Crippen LogP contribution in [0.2, 0.25) is 0 Å². The molecule has 1 N–H and O–H groups in total. The number of aliphatic hydroxyl groups is 1. The van der Waals surface area contributed by atoms with E-state index in [-0.39, 0.29) is 24.3 Å². The third kappa shape index (κ3) is 4.53. The highest BCUT2D eigenvalue weighted by molar-refractivity contribution is 8.02. The molecule has 2 fully saturated rings. The van der Waals surface area contributed by atoms with Crippen LogP contribution in [0, 0.1) is 11.8 Å². The first-order valence-electron chi connectivity index (χ1n) is 14.4. The van der Waals surface area contributed by atoms with Gasteiger partial charge in [0.1, 0.15) is 6.04 Å². The Bertz CT molecular complexity index is 1160. The van der Waals surface area contributed by atoms with Crippen molar-refractivity contribution in [3.63, 3.8) is 0 Å². The van der Waals surface area contributed by atoms with Gasteiger partial charge in [-0.1, -0.05) is 81.3 Å². The Hall–Kier alpha value is -2.58. The Labute approximate surface area is 236 Å². The predicted molar refractivity (Wildman–Crippen MR) is 154 cm³/mol. The van der Waals surface area contributed by atoms with Gasteiger partial charge < -0.3 is 19.8 Å². The molecule has 2 saturated heterocycles. The second kappa shape index (κ2) is 11.1. The number of rotatable bonds is 9. The smallest absolute Gasteiger partial charge is 0.247 e. The van der Waals surface area contributed by atoms with E-state index < -0.39 is 33.4 Å². The summed E-state index contributed by atoms with van der Waals surface area (Å²) in [6.07, 6.45) is 12.1. The summed E-state index contributed by atoms with van der Waals surface area (Å²) in [5, 5.41) is 10.7. The van der Waals surface area contributed by atoms with Crippen LogP contribution in [-0.4, -0.2) is 85.8 Å². The standard InChI is InChI=1S/C31H41N3O4S/c1-4-6-10-18-33-20-12-16-31-25(24-27(36)32(17-5-2)19-11-15-30(24,3)39-31)28(37)34(26(31)29(33)38)23(21-35)22-13-8-7-9-14-22/h7-9,11-16,23-26,35H,4-6,10,17-21H2,1-3H3/t23-,24+,25+,26?,30-,31+/m1/s1. The van der Waals surface area contributed by atoms with E-state index in [0.717, 1.165) is 31.2 Å². The number of unbranched alkanes of at least 4 members (excludes halogenated alkanes) is 2. The first-order valence-corrected chi connectivity index (χ1v) is 15.3. The number of carbonyl (C=O) groups is 3. The molecule has 0 aromatic heterocycles. The van der Waals surface area contributed by atoms with Crippen LogP contribution in [0.25, 0.3) is 0 Å². The molecule has 1 unspecified atom stereocenters. The molecule has 0 bridgehead atoms. The Morgan fingerprint density at radius 3 is 2.26 bits per heavy atom. The van der Waals surface area contributed by atoms with Crippen LogP contribution in [0.5, 0.6) is 0 Å². The highest BCUT2D eigenvalue weighted by Crippen LogP contribution is 2.66. The summed E-state index contributed by atoms with van der Waals surface area (Å²) >= 11 is 1.60. The molecular weight excluding hydrogens is 510 g/mol. The number of carbonyl (C=O) groups excluding carboxylic acids is 3. The van der Waals surface area contributed by atoms with Gasteiger partial charge in [0.15, 0.2) is 0 Å². The number of hydrogen-bond donors (Lipinski definition) is 1. The predicted octanol–water partition coefficient (Wildman–Crippen LogP) is 3.80. The molecule has 8 heteroatoms. The van der Waals surface area contributed by atoms with Crippen molar-refractivity contribution in [1.82, 2.24) is 14.7 Å². The minimum atomic E-state index is -0.898. The van der Waals surface area contributed by atoms with E-state index in [1.165, 1.54) is 0 Å². The minimum absolute atomic E-state index is 0.0159. The molecule has 4 heterocycles. The topological polar surface area (TPSA) is 81.2 Å². The molecule has 1 aromatic rings. The second-order valence-electron chi connectivity index (χ2n) is 11.4. The molecule has 5 rings (SSSR count). The fraction of sp³-hybridized carbons (Fsp3) is 0.581. The molecule has 6 atom stereocenters. The summed E-state index contributed by atoms with van der Waals surface area (Å²) < 4.78 is -1.52. The van der Waals surface area contributed by atoms with E-state index in [0.29, 0.717) is 26.2 Å². The number of aliphatic hydroxyl groups excluding tert-OH is 1.